The van der Waals surface area contributed by atoms with Crippen LogP contribution in [0.3, 0.4) is 0 Å². The Morgan fingerprint density at radius 1 is 0.471 bits per heavy atom. The molecule has 2 N–H and O–H groups in total. The van der Waals surface area contributed by atoms with E-state index < -0.39 is 23.9 Å². The monoisotopic (exact) mass is 456 g/mol. The lowest BCUT2D eigenvalue weighted by Gasteiger charge is -2.08. The van der Waals surface area contributed by atoms with Gasteiger partial charge in [-0.3, -0.25) is 0 Å². The van der Waals surface area contributed by atoms with Crippen molar-refractivity contribution in [2.24, 2.45) is 0 Å². The van der Waals surface area contributed by atoms with Crippen molar-refractivity contribution in [3.8, 4) is 11.5 Å². The highest BCUT2D eigenvalue weighted by Crippen LogP contribution is 2.22. The fourth-order valence-electron chi connectivity index (χ4n) is 3.16. The predicted molar refractivity (Wildman–Crippen MR) is 121 cm³/mol. The van der Waals surface area contributed by atoms with Crippen molar-refractivity contribution in [3.63, 3.8) is 0 Å². The molecule has 0 atom stereocenters. The second kappa shape index (κ2) is 9.25. The number of fused-ring (bicyclic) bond motifs is 1. The summed E-state index contributed by atoms with van der Waals surface area (Å²) in [5.74, 6) is -2.95. The van der Waals surface area contributed by atoms with E-state index in [1.807, 2.05) is 0 Å². The quantitative estimate of drug-likeness (QED) is 0.316. The van der Waals surface area contributed by atoms with Gasteiger partial charge in [-0.1, -0.05) is 12.1 Å². The molecule has 0 heterocycles. The van der Waals surface area contributed by atoms with Gasteiger partial charge in [-0.25, -0.2) is 19.2 Å². The van der Waals surface area contributed by atoms with E-state index in [1.54, 1.807) is 24.3 Å². The molecule has 0 aromatic heterocycles. The van der Waals surface area contributed by atoms with Gasteiger partial charge in [0.1, 0.15) is 11.5 Å². The van der Waals surface area contributed by atoms with Crippen LogP contribution in [0.2, 0.25) is 0 Å². The van der Waals surface area contributed by atoms with Crippen LogP contribution in [0.1, 0.15) is 41.4 Å². The van der Waals surface area contributed by atoms with Gasteiger partial charge in [0.2, 0.25) is 0 Å². The third-order valence-electron chi connectivity index (χ3n) is 4.94. The first-order chi connectivity index (χ1) is 16.3. The van der Waals surface area contributed by atoms with Gasteiger partial charge in [0, 0.05) is 0 Å². The fraction of sp³-hybridized carbons (Fsp3) is 0. The SMILES string of the molecule is O=C(O)c1ccc(C(=O)Oc2ccc(OC(=O)c3ccc4cc(C(=O)O)ccc4c3)cc2)cc1. The van der Waals surface area contributed by atoms with Gasteiger partial charge in [-0.05, 0) is 83.6 Å². The van der Waals surface area contributed by atoms with E-state index >= 15 is 0 Å². The number of hydrogen-bond donors (Lipinski definition) is 2. The van der Waals surface area contributed by atoms with Gasteiger partial charge in [0.15, 0.2) is 0 Å². The maximum Gasteiger partial charge on any atom is 0.343 e. The molecule has 0 saturated carbocycles. The van der Waals surface area contributed by atoms with E-state index in [0.717, 1.165) is 0 Å². The number of ether oxygens (including phenoxy) is 2. The number of carboxylic acid groups (broad SMARTS) is 2. The van der Waals surface area contributed by atoms with Crippen LogP contribution >= 0.6 is 0 Å². The number of hydrogen-bond acceptors (Lipinski definition) is 6. The number of carbonyl (C=O) groups is 4. The molecule has 0 amide bonds. The molecule has 168 valence electrons. The number of carboxylic acids is 2. The molecule has 0 radical (unpaired) electrons. The minimum absolute atomic E-state index is 0.0548. The standard InChI is InChI=1S/C26H16O8/c27-23(28)15-1-3-16(4-2-15)25(31)33-21-9-11-22(12-10-21)34-26(32)20-8-6-17-13-19(24(29)30)7-5-18(17)14-20/h1-14H,(H,27,28)(H,29,30). The Bertz CT molecular complexity index is 1420. The first-order valence-electron chi connectivity index (χ1n) is 9.95. The van der Waals surface area contributed by atoms with E-state index in [0.29, 0.717) is 10.8 Å². The number of benzene rings is 4. The van der Waals surface area contributed by atoms with Gasteiger partial charge in [0.05, 0.1) is 22.3 Å². The summed E-state index contributed by atoms with van der Waals surface area (Å²) in [6.45, 7) is 0. The van der Waals surface area contributed by atoms with E-state index in [1.165, 1.54) is 60.7 Å². The van der Waals surface area contributed by atoms with Gasteiger partial charge in [-0.2, -0.15) is 0 Å². The smallest absolute Gasteiger partial charge is 0.343 e. The summed E-state index contributed by atoms with van der Waals surface area (Å²) in [6.07, 6.45) is 0. The minimum atomic E-state index is -1.10. The first-order valence-corrected chi connectivity index (χ1v) is 9.95. The lowest BCUT2D eigenvalue weighted by molar-refractivity contribution is 0.0686. The molecule has 0 spiro atoms. The number of esters is 2. The number of aromatic carboxylic acids is 2. The Labute approximate surface area is 192 Å². The van der Waals surface area contributed by atoms with Crippen molar-refractivity contribution < 1.29 is 38.9 Å². The second-order valence-corrected chi connectivity index (χ2v) is 7.21. The Kier molecular flexibility index (Phi) is 6.05. The zero-order valence-electron chi connectivity index (χ0n) is 17.4. The van der Waals surface area contributed by atoms with Crippen molar-refractivity contribution in [1.29, 1.82) is 0 Å². The third kappa shape index (κ3) is 4.91. The molecular formula is C26H16O8. The van der Waals surface area contributed by atoms with Crippen molar-refractivity contribution in [3.05, 3.63) is 107 Å². The van der Waals surface area contributed by atoms with Gasteiger partial charge < -0.3 is 19.7 Å². The minimum Gasteiger partial charge on any atom is -0.478 e. The molecule has 0 fully saturated rings. The molecule has 8 heteroatoms. The van der Waals surface area contributed by atoms with Crippen LogP contribution in [0, 0.1) is 0 Å². The fourth-order valence-corrected chi connectivity index (χ4v) is 3.16. The predicted octanol–water partition coefficient (Wildman–Crippen LogP) is 4.67. The Hall–Kier alpha value is -4.98. The Balaban J connectivity index is 1.41. The lowest BCUT2D eigenvalue weighted by atomic mass is 10.0. The molecule has 0 aliphatic rings. The average molecular weight is 456 g/mol. The molecule has 0 unspecified atom stereocenters. The summed E-state index contributed by atoms with van der Waals surface area (Å²) in [7, 11) is 0. The summed E-state index contributed by atoms with van der Waals surface area (Å²) < 4.78 is 10.6. The molecule has 4 rings (SSSR count). The molecule has 0 aliphatic heterocycles. The third-order valence-corrected chi connectivity index (χ3v) is 4.94. The van der Waals surface area contributed by atoms with Crippen LogP contribution in [0.4, 0.5) is 0 Å². The molecule has 0 bridgehead atoms. The first kappa shape index (κ1) is 22.2. The average Bonchev–Trinajstić information content (AvgIpc) is 2.84. The second-order valence-electron chi connectivity index (χ2n) is 7.21. The molecule has 4 aromatic rings. The maximum absolute atomic E-state index is 12.5. The van der Waals surface area contributed by atoms with E-state index in [4.69, 9.17) is 19.7 Å². The van der Waals surface area contributed by atoms with Gasteiger partial charge in [-0.15, -0.1) is 0 Å². The van der Waals surface area contributed by atoms with Gasteiger partial charge >= 0.3 is 23.9 Å². The van der Waals surface area contributed by atoms with Crippen molar-refractivity contribution in [1.82, 2.24) is 0 Å². The lowest BCUT2D eigenvalue weighted by Crippen LogP contribution is -2.10. The molecule has 4 aromatic carbocycles. The van der Waals surface area contributed by atoms with Crippen LogP contribution in [-0.4, -0.2) is 34.1 Å². The van der Waals surface area contributed by atoms with Crippen molar-refractivity contribution >= 4 is 34.6 Å². The highest BCUT2D eigenvalue weighted by Gasteiger charge is 2.13. The van der Waals surface area contributed by atoms with E-state index in [-0.39, 0.29) is 33.8 Å². The molecule has 34 heavy (non-hydrogen) atoms. The summed E-state index contributed by atoms with van der Waals surface area (Å²) in [6, 6.07) is 20.6. The Morgan fingerprint density at radius 3 is 1.35 bits per heavy atom. The van der Waals surface area contributed by atoms with Crippen LogP contribution in [0.25, 0.3) is 10.8 Å². The zero-order chi connectivity index (χ0) is 24.2. The summed E-state index contributed by atoms with van der Waals surface area (Å²) in [4.78, 5) is 46.7. The van der Waals surface area contributed by atoms with Gasteiger partial charge in [0.25, 0.3) is 0 Å². The number of rotatable bonds is 6. The maximum atomic E-state index is 12.5. The van der Waals surface area contributed by atoms with E-state index in [2.05, 4.69) is 0 Å². The van der Waals surface area contributed by atoms with Crippen molar-refractivity contribution in [2.45, 2.75) is 0 Å². The van der Waals surface area contributed by atoms with Crippen LogP contribution in [-0.2, 0) is 0 Å². The molecule has 0 saturated heterocycles. The largest absolute Gasteiger partial charge is 0.478 e. The normalized spacial score (nSPS) is 10.5. The Morgan fingerprint density at radius 2 is 0.853 bits per heavy atom. The summed E-state index contributed by atoms with van der Waals surface area (Å²) >= 11 is 0. The van der Waals surface area contributed by atoms with Crippen LogP contribution < -0.4 is 9.47 Å². The highest BCUT2D eigenvalue weighted by atomic mass is 16.5. The number of carbonyl (C=O) groups excluding carboxylic acids is 2. The highest BCUT2D eigenvalue weighted by molar-refractivity contribution is 5.99. The topological polar surface area (TPSA) is 127 Å². The van der Waals surface area contributed by atoms with Crippen LogP contribution in [0.5, 0.6) is 11.5 Å². The van der Waals surface area contributed by atoms with E-state index in [9.17, 15) is 19.2 Å². The van der Waals surface area contributed by atoms with Crippen molar-refractivity contribution in [2.75, 3.05) is 0 Å². The molecule has 0 aliphatic carbocycles. The molecular weight excluding hydrogens is 440 g/mol. The van der Waals surface area contributed by atoms with Crippen LogP contribution in [0.15, 0.2) is 84.9 Å². The summed E-state index contributed by atoms with van der Waals surface area (Å²) in [5.41, 5.74) is 0.684. The zero-order valence-corrected chi connectivity index (χ0v) is 17.4. The molecule has 8 nitrogen and oxygen atoms in total. The summed E-state index contributed by atoms with van der Waals surface area (Å²) in [5, 5.41) is 19.4.